The van der Waals surface area contributed by atoms with Crippen LogP contribution in [0.3, 0.4) is 0 Å². The molecule has 0 spiro atoms. The van der Waals surface area contributed by atoms with Gasteiger partial charge in [0.25, 0.3) is 0 Å². The number of aliphatic hydroxyl groups is 5. The first-order valence-corrected chi connectivity index (χ1v) is 34.5. The van der Waals surface area contributed by atoms with Gasteiger partial charge in [0.2, 0.25) is 5.91 Å². The third-order valence-corrected chi connectivity index (χ3v) is 16.7. The normalized spacial score (nSPS) is 18.8. The molecule has 0 aromatic heterocycles. The lowest BCUT2D eigenvalue weighted by Gasteiger charge is -2.41. The second-order valence-corrected chi connectivity index (χ2v) is 24.3. The lowest BCUT2D eigenvalue weighted by atomic mass is 9.99. The van der Waals surface area contributed by atoms with Crippen LogP contribution in [0.5, 0.6) is 0 Å². The van der Waals surface area contributed by atoms with E-state index in [1.807, 2.05) is 6.08 Å². The Morgan fingerprint density at radius 1 is 0.481 bits per heavy atom. The predicted molar refractivity (Wildman–Crippen MR) is 329 cm³/mol. The van der Waals surface area contributed by atoms with E-state index in [4.69, 9.17) is 14.2 Å². The van der Waals surface area contributed by atoms with Crippen molar-refractivity contribution >= 4 is 11.9 Å². The highest BCUT2D eigenvalue weighted by Gasteiger charge is 2.47. The standard InChI is InChI=1S/C68H131NO10/c1-4-7-10-13-16-19-22-24-26-27-28-29-30-31-32-33-34-36-37-40-43-46-49-52-55-61(72)67(76)69-59(60(71)54-51-48-45-42-39-21-18-15-12-9-6-3)58-77-68-66(65(75)64(74)62(57-70)78-68)79-63(73)56-53-50-47-44-41-38-35-25-23-20-17-14-11-8-5-2/h51,54,59-62,64-66,68,70-72,74-75H,4-50,52-53,55-58H2,1-3H3,(H,69,76)/b54-51+. The smallest absolute Gasteiger partial charge is 0.306 e. The monoisotopic (exact) mass is 1120 g/mol. The summed E-state index contributed by atoms with van der Waals surface area (Å²) in [6, 6.07) is -1.02. The van der Waals surface area contributed by atoms with Crippen LogP contribution >= 0.6 is 0 Å². The van der Waals surface area contributed by atoms with E-state index in [0.29, 0.717) is 19.3 Å². The van der Waals surface area contributed by atoms with Gasteiger partial charge in [-0.3, -0.25) is 9.59 Å². The molecule has 0 aliphatic carbocycles. The maximum absolute atomic E-state index is 13.5. The van der Waals surface area contributed by atoms with Crippen molar-refractivity contribution in [2.45, 2.75) is 397 Å². The molecular weight excluding hydrogens is 991 g/mol. The molecule has 468 valence electrons. The third-order valence-electron chi connectivity index (χ3n) is 16.7. The summed E-state index contributed by atoms with van der Waals surface area (Å²) in [6.45, 7) is 5.84. The Morgan fingerprint density at radius 2 is 0.823 bits per heavy atom. The SMILES string of the molecule is CCCCCCCCCCC/C=C/C(O)C(COC1OC(CO)C(O)C(O)C1OC(=O)CCCCCCCCCCCCCCCCC)NC(=O)C(O)CCCCCCCCCCCCCCCCCCCCCCCCCC. The first-order valence-electron chi connectivity index (χ1n) is 34.5. The van der Waals surface area contributed by atoms with Gasteiger partial charge in [0.05, 0.1) is 25.4 Å². The molecule has 0 aromatic rings. The predicted octanol–water partition coefficient (Wildman–Crippen LogP) is 17.1. The van der Waals surface area contributed by atoms with E-state index < -0.39 is 67.4 Å². The Balaban J connectivity index is 2.55. The highest BCUT2D eigenvalue weighted by Crippen LogP contribution is 2.26. The number of ether oxygens (including phenoxy) is 3. The molecule has 1 fully saturated rings. The fraction of sp³-hybridized carbons (Fsp3) is 0.941. The van der Waals surface area contributed by atoms with Gasteiger partial charge in [-0.2, -0.15) is 0 Å². The van der Waals surface area contributed by atoms with E-state index >= 15 is 0 Å². The van der Waals surface area contributed by atoms with Crippen LogP contribution in [0.4, 0.5) is 0 Å². The van der Waals surface area contributed by atoms with Crippen LogP contribution in [0.15, 0.2) is 12.2 Å². The second-order valence-electron chi connectivity index (χ2n) is 24.3. The molecule has 1 aliphatic heterocycles. The number of hydrogen-bond acceptors (Lipinski definition) is 10. The van der Waals surface area contributed by atoms with Crippen molar-refractivity contribution < 1.29 is 49.3 Å². The van der Waals surface area contributed by atoms with Gasteiger partial charge in [0.15, 0.2) is 12.4 Å². The van der Waals surface area contributed by atoms with Gasteiger partial charge in [-0.25, -0.2) is 0 Å². The van der Waals surface area contributed by atoms with Crippen molar-refractivity contribution in [2.24, 2.45) is 0 Å². The van der Waals surface area contributed by atoms with Crippen LogP contribution in [0.25, 0.3) is 0 Å². The number of carbonyl (C=O) groups excluding carboxylic acids is 2. The second kappa shape index (κ2) is 56.9. The van der Waals surface area contributed by atoms with Crippen molar-refractivity contribution in [2.75, 3.05) is 13.2 Å². The molecule has 0 saturated carbocycles. The molecule has 79 heavy (non-hydrogen) atoms. The number of carbonyl (C=O) groups is 2. The summed E-state index contributed by atoms with van der Waals surface area (Å²) in [5.41, 5.74) is 0. The van der Waals surface area contributed by atoms with E-state index in [0.717, 1.165) is 57.8 Å². The summed E-state index contributed by atoms with van der Waals surface area (Å²) in [7, 11) is 0. The van der Waals surface area contributed by atoms with E-state index in [9.17, 15) is 35.1 Å². The van der Waals surface area contributed by atoms with Crippen molar-refractivity contribution in [1.29, 1.82) is 0 Å². The zero-order valence-electron chi connectivity index (χ0n) is 52.0. The first-order chi connectivity index (χ1) is 38.7. The van der Waals surface area contributed by atoms with Gasteiger partial charge in [0, 0.05) is 6.42 Å². The molecule has 0 bridgehead atoms. The Labute approximate surface area is 487 Å². The summed E-state index contributed by atoms with van der Waals surface area (Å²) in [5, 5.41) is 57.1. The quantitative estimate of drug-likeness (QED) is 0.0195. The summed E-state index contributed by atoms with van der Waals surface area (Å²) in [4.78, 5) is 26.6. The summed E-state index contributed by atoms with van der Waals surface area (Å²) >= 11 is 0. The minimum atomic E-state index is -1.61. The number of unbranched alkanes of at least 4 members (excludes halogenated alkanes) is 46. The first kappa shape index (κ1) is 75.4. The van der Waals surface area contributed by atoms with Gasteiger partial charge in [0.1, 0.15) is 24.4 Å². The Bertz CT molecular complexity index is 1340. The lowest BCUT2D eigenvalue weighted by Crippen LogP contribution is -2.61. The average molecular weight is 1120 g/mol. The van der Waals surface area contributed by atoms with Crippen molar-refractivity contribution in [3.05, 3.63) is 12.2 Å². The highest BCUT2D eigenvalue weighted by atomic mass is 16.7. The molecule has 0 aromatic carbocycles. The van der Waals surface area contributed by atoms with E-state index in [2.05, 4.69) is 26.1 Å². The minimum absolute atomic E-state index is 0.131. The van der Waals surface area contributed by atoms with E-state index in [1.54, 1.807) is 6.08 Å². The Hall–Kier alpha value is -1.60. The van der Waals surface area contributed by atoms with E-state index in [1.165, 1.54) is 244 Å². The highest BCUT2D eigenvalue weighted by molar-refractivity contribution is 5.80. The molecule has 11 nitrogen and oxygen atoms in total. The molecular formula is C68H131NO10. The number of amides is 1. The zero-order valence-corrected chi connectivity index (χ0v) is 52.0. The molecule has 8 atom stereocenters. The van der Waals surface area contributed by atoms with Crippen LogP contribution < -0.4 is 5.32 Å². The van der Waals surface area contributed by atoms with Crippen molar-refractivity contribution in [1.82, 2.24) is 5.32 Å². The molecule has 1 rings (SSSR count). The van der Waals surface area contributed by atoms with Crippen LogP contribution in [0.2, 0.25) is 0 Å². The number of rotatable bonds is 60. The number of aliphatic hydroxyl groups excluding tert-OH is 5. The van der Waals surface area contributed by atoms with Crippen LogP contribution in [0, 0.1) is 0 Å². The van der Waals surface area contributed by atoms with Crippen LogP contribution in [-0.4, -0.2) is 99.6 Å². The fourth-order valence-electron chi connectivity index (χ4n) is 11.2. The van der Waals surface area contributed by atoms with E-state index in [-0.39, 0.29) is 13.0 Å². The molecule has 0 radical (unpaired) electrons. The fourth-order valence-corrected chi connectivity index (χ4v) is 11.2. The number of allylic oxidation sites excluding steroid dienone is 1. The third kappa shape index (κ3) is 44.6. The molecule has 1 heterocycles. The maximum Gasteiger partial charge on any atom is 0.306 e. The maximum atomic E-state index is 13.5. The average Bonchev–Trinajstić information content (AvgIpc) is 3.51. The number of esters is 1. The van der Waals surface area contributed by atoms with Gasteiger partial charge >= 0.3 is 5.97 Å². The molecule has 8 unspecified atom stereocenters. The molecule has 1 aliphatic rings. The minimum Gasteiger partial charge on any atom is -0.454 e. The topological polar surface area (TPSA) is 175 Å². The summed E-state index contributed by atoms with van der Waals surface area (Å²) in [5.74, 6) is -1.17. The summed E-state index contributed by atoms with van der Waals surface area (Å²) < 4.78 is 17.7. The molecule has 11 heteroatoms. The van der Waals surface area contributed by atoms with Gasteiger partial charge in [-0.05, 0) is 25.7 Å². The van der Waals surface area contributed by atoms with Crippen molar-refractivity contribution in [3.63, 3.8) is 0 Å². The Morgan fingerprint density at radius 3 is 1.19 bits per heavy atom. The Kier molecular flexibility index (Phi) is 54.3. The largest absolute Gasteiger partial charge is 0.454 e. The van der Waals surface area contributed by atoms with Crippen LogP contribution in [0.1, 0.15) is 348 Å². The zero-order chi connectivity index (χ0) is 57.5. The van der Waals surface area contributed by atoms with Crippen LogP contribution in [-0.2, 0) is 23.8 Å². The van der Waals surface area contributed by atoms with Crippen molar-refractivity contribution in [3.8, 4) is 0 Å². The van der Waals surface area contributed by atoms with Gasteiger partial charge < -0.3 is 45.1 Å². The molecule has 1 amide bonds. The number of nitrogens with one attached hydrogen (secondary N) is 1. The summed E-state index contributed by atoms with van der Waals surface area (Å²) in [6.07, 6.45) is 55.5. The molecule has 6 N–H and O–H groups in total. The lowest BCUT2D eigenvalue weighted by molar-refractivity contribution is -0.305. The molecule has 1 saturated heterocycles. The number of hydrogen-bond donors (Lipinski definition) is 6. The van der Waals surface area contributed by atoms with Gasteiger partial charge in [-0.15, -0.1) is 0 Å². The van der Waals surface area contributed by atoms with Gasteiger partial charge in [-0.1, -0.05) is 328 Å².